The average molecular weight is 454 g/mol. The number of benzene rings is 1. The molecule has 176 valence electrons. The Hall–Kier alpha value is -1.91. The number of nitrogens with zero attached hydrogens (tertiary/aromatic N) is 1. The summed E-state index contributed by atoms with van der Waals surface area (Å²) >= 11 is 0. The monoisotopic (exact) mass is 453 g/mol. The quantitative estimate of drug-likeness (QED) is 0.221. The minimum absolute atomic E-state index is 0.182. The molecule has 0 radical (unpaired) electrons. The highest BCUT2D eigenvalue weighted by atomic mass is 28.4. The second kappa shape index (κ2) is 10.8. The van der Waals surface area contributed by atoms with E-state index in [1.54, 1.807) is 6.08 Å². The maximum Gasteiger partial charge on any atom is 0.192 e. The number of anilines is 1. The second-order valence-corrected chi connectivity index (χ2v) is 16.0. The van der Waals surface area contributed by atoms with Crippen LogP contribution in [0.4, 0.5) is 5.69 Å². The molecule has 1 aliphatic carbocycles. The van der Waals surface area contributed by atoms with E-state index in [-0.39, 0.29) is 10.5 Å². The van der Waals surface area contributed by atoms with Crippen LogP contribution in [0.15, 0.2) is 53.6 Å². The molecule has 0 spiro atoms. The van der Waals surface area contributed by atoms with E-state index in [4.69, 9.17) is 4.43 Å². The molecule has 0 heterocycles. The van der Waals surface area contributed by atoms with Crippen molar-refractivity contribution >= 4 is 26.4 Å². The molecule has 0 aromatic heterocycles. The van der Waals surface area contributed by atoms with Crippen LogP contribution in [-0.2, 0) is 9.22 Å². The lowest BCUT2D eigenvalue weighted by Gasteiger charge is -2.37. The van der Waals surface area contributed by atoms with E-state index in [0.717, 1.165) is 44.4 Å². The van der Waals surface area contributed by atoms with Crippen molar-refractivity contribution in [1.82, 2.24) is 0 Å². The Bertz CT molecular complexity index is 854. The van der Waals surface area contributed by atoms with E-state index in [1.165, 1.54) is 16.8 Å². The predicted octanol–water partition coefficient (Wildman–Crippen LogP) is 7.42. The Balaban J connectivity index is 2.02. The van der Waals surface area contributed by atoms with Crippen LogP contribution >= 0.6 is 0 Å². The highest BCUT2D eigenvalue weighted by molar-refractivity contribution is 6.74. The number of aldehydes is 1. The van der Waals surface area contributed by atoms with E-state index < -0.39 is 8.32 Å². The highest BCUT2D eigenvalue weighted by Crippen LogP contribution is 2.38. The van der Waals surface area contributed by atoms with Gasteiger partial charge in [-0.1, -0.05) is 65.0 Å². The molecule has 0 N–H and O–H groups in total. The van der Waals surface area contributed by atoms with Gasteiger partial charge in [0, 0.05) is 18.8 Å². The third kappa shape index (κ3) is 7.60. The maximum absolute atomic E-state index is 10.9. The van der Waals surface area contributed by atoms with Crippen LogP contribution in [0.1, 0.15) is 59.9 Å². The van der Waals surface area contributed by atoms with E-state index in [9.17, 15) is 4.79 Å². The number of carbonyl (C=O) groups excluding carboxylic acids is 1. The van der Waals surface area contributed by atoms with Crippen molar-refractivity contribution in [2.75, 3.05) is 24.6 Å². The van der Waals surface area contributed by atoms with Crippen molar-refractivity contribution in [3.8, 4) is 0 Å². The van der Waals surface area contributed by atoms with Gasteiger partial charge < -0.3 is 9.33 Å². The van der Waals surface area contributed by atoms with E-state index in [2.05, 4.69) is 102 Å². The molecule has 0 saturated carbocycles. The molecule has 0 saturated heterocycles. The zero-order chi connectivity index (χ0) is 24.0. The second-order valence-electron chi connectivity index (χ2n) is 11.2. The zero-order valence-electron chi connectivity index (χ0n) is 21.5. The zero-order valence-corrected chi connectivity index (χ0v) is 22.5. The number of allylic oxidation sites excluding steroid dienone is 5. The van der Waals surface area contributed by atoms with Gasteiger partial charge in [-0.25, -0.2) is 0 Å². The molecule has 3 nitrogen and oxygen atoms in total. The predicted molar refractivity (Wildman–Crippen MR) is 142 cm³/mol. The first-order chi connectivity index (χ1) is 14.9. The fourth-order valence-electron chi connectivity index (χ4n) is 3.91. The van der Waals surface area contributed by atoms with Crippen molar-refractivity contribution in [2.24, 2.45) is 5.41 Å². The molecule has 0 atom stereocenters. The van der Waals surface area contributed by atoms with Gasteiger partial charge in [0.25, 0.3) is 0 Å². The van der Waals surface area contributed by atoms with Crippen molar-refractivity contribution in [1.29, 1.82) is 0 Å². The van der Waals surface area contributed by atoms with E-state index in [1.807, 2.05) is 0 Å². The molecule has 1 aromatic rings. The Labute approximate surface area is 197 Å². The summed E-state index contributed by atoms with van der Waals surface area (Å²) in [6, 6.07) is 8.76. The van der Waals surface area contributed by atoms with Crippen LogP contribution in [0.2, 0.25) is 18.1 Å². The average Bonchev–Trinajstić information content (AvgIpc) is 2.68. The van der Waals surface area contributed by atoms with Crippen LogP contribution in [-0.4, -0.2) is 34.3 Å². The van der Waals surface area contributed by atoms with Crippen molar-refractivity contribution in [3.05, 3.63) is 59.2 Å². The van der Waals surface area contributed by atoms with Gasteiger partial charge in [0.05, 0.1) is 6.61 Å². The fourth-order valence-corrected chi connectivity index (χ4v) is 4.94. The summed E-state index contributed by atoms with van der Waals surface area (Å²) < 4.78 is 6.37. The lowest BCUT2D eigenvalue weighted by atomic mass is 9.75. The molecule has 1 aromatic carbocycles. The minimum Gasteiger partial charge on any atom is -0.415 e. The Morgan fingerprint density at radius 2 is 1.75 bits per heavy atom. The molecule has 0 unspecified atom stereocenters. The Morgan fingerprint density at radius 3 is 2.31 bits per heavy atom. The van der Waals surface area contributed by atoms with Gasteiger partial charge >= 0.3 is 0 Å². The van der Waals surface area contributed by atoms with Crippen LogP contribution in [0.3, 0.4) is 0 Å². The normalized spacial score (nSPS) is 18.1. The van der Waals surface area contributed by atoms with Gasteiger partial charge in [0.1, 0.15) is 6.29 Å². The van der Waals surface area contributed by atoms with Gasteiger partial charge in [-0.3, -0.25) is 4.79 Å². The highest BCUT2D eigenvalue weighted by Gasteiger charge is 2.37. The molecular weight excluding hydrogens is 410 g/mol. The summed E-state index contributed by atoms with van der Waals surface area (Å²) in [5.41, 5.74) is 4.99. The topological polar surface area (TPSA) is 29.5 Å². The minimum atomic E-state index is -1.71. The van der Waals surface area contributed by atoms with Crippen LogP contribution in [0, 0.1) is 5.41 Å². The van der Waals surface area contributed by atoms with Gasteiger partial charge in [-0.15, -0.1) is 0 Å². The van der Waals surface area contributed by atoms with Crippen LogP contribution < -0.4 is 4.90 Å². The molecule has 32 heavy (non-hydrogen) atoms. The van der Waals surface area contributed by atoms with Crippen molar-refractivity contribution in [3.63, 3.8) is 0 Å². The Morgan fingerprint density at radius 1 is 1.09 bits per heavy atom. The van der Waals surface area contributed by atoms with E-state index in [0.29, 0.717) is 0 Å². The van der Waals surface area contributed by atoms with Gasteiger partial charge in [0.2, 0.25) is 0 Å². The lowest BCUT2D eigenvalue weighted by molar-refractivity contribution is -0.104. The number of carbonyl (C=O) groups is 1. The summed E-state index contributed by atoms with van der Waals surface area (Å²) in [4.78, 5) is 13.3. The molecule has 2 rings (SSSR count). The lowest BCUT2D eigenvalue weighted by Crippen LogP contribution is -2.42. The summed E-state index contributed by atoms with van der Waals surface area (Å²) in [5.74, 6) is 0. The molecule has 0 bridgehead atoms. The van der Waals surface area contributed by atoms with Crippen molar-refractivity contribution < 1.29 is 9.22 Å². The van der Waals surface area contributed by atoms with Crippen LogP contribution in [0.25, 0.3) is 6.08 Å². The van der Waals surface area contributed by atoms with Crippen molar-refractivity contribution in [2.45, 2.75) is 72.5 Å². The van der Waals surface area contributed by atoms with E-state index >= 15 is 0 Å². The van der Waals surface area contributed by atoms with Gasteiger partial charge in [-0.2, -0.15) is 0 Å². The summed E-state index contributed by atoms with van der Waals surface area (Å²) in [6.45, 7) is 20.8. The molecule has 0 fully saturated rings. The number of hydrogen-bond donors (Lipinski definition) is 0. The third-order valence-electron chi connectivity index (χ3n) is 6.78. The smallest absolute Gasteiger partial charge is 0.192 e. The summed E-state index contributed by atoms with van der Waals surface area (Å²) in [5, 5.41) is 0.241. The van der Waals surface area contributed by atoms with Gasteiger partial charge in [-0.05, 0) is 78.2 Å². The number of hydrogen-bond acceptors (Lipinski definition) is 3. The third-order valence-corrected chi connectivity index (χ3v) is 11.3. The van der Waals surface area contributed by atoms with Gasteiger partial charge in [0.15, 0.2) is 8.32 Å². The largest absolute Gasteiger partial charge is 0.415 e. The number of rotatable bonds is 9. The summed E-state index contributed by atoms with van der Waals surface area (Å²) in [6.07, 6.45) is 11.1. The maximum atomic E-state index is 10.9. The van der Waals surface area contributed by atoms with Crippen LogP contribution in [0.5, 0.6) is 0 Å². The number of likely N-dealkylation sites (N-methyl/N-ethyl adjacent to an activating group) is 1. The first-order valence-electron chi connectivity index (χ1n) is 11.9. The fraction of sp³-hybridized carbons (Fsp3) is 0.536. The molecule has 1 aliphatic rings. The SMILES string of the molecule is CCN(CCO[Si](C)(C)C(C)(C)C)c1ccc(/C=C/C2=CC(=C/C=O)/CC(C)(C)C2)cc1. The first-order valence-corrected chi connectivity index (χ1v) is 14.8. The molecular formula is C28H43NO2Si. The Kier molecular flexibility index (Phi) is 8.89. The standard InChI is InChI=1S/C28H43NO2Si/c1-9-29(17-19-31-32(7,8)27(2,3)4)26-14-12-23(13-15-26)10-11-24-20-25(16-18-30)22-28(5,6)21-24/h10-16,18,20H,9,17,19,21-22H2,1-8H3/b11-10+,25-16-. The molecule has 0 aliphatic heterocycles. The first kappa shape index (κ1) is 26.3. The molecule has 0 amide bonds. The summed E-state index contributed by atoms with van der Waals surface area (Å²) in [7, 11) is -1.71. The molecule has 4 heteroatoms.